The molecule has 4 rings (SSSR count). The van der Waals surface area contributed by atoms with Gasteiger partial charge in [0.2, 0.25) is 0 Å². The Labute approximate surface area is 173 Å². The minimum Gasteiger partial charge on any atom is -0.465 e. The Kier molecular flexibility index (Phi) is 5.36. The first kappa shape index (κ1) is 20.3. The van der Waals surface area contributed by atoms with Crippen molar-refractivity contribution in [3.8, 4) is 0 Å². The van der Waals surface area contributed by atoms with Crippen LogP contribution in [0.5, 0.6) is 0 Å². The van der Waals surface area contributed by atoms with Gasteiger partial charge in [-0.2, -0.15) is 0 Å². The van der Waals surface area contributed by atoms with Crippen LogP contribution in [0.2, 0.25) is 0 Å². The average molecular weight is 400 g/mol. The SMILES string of the molecule is CC(C)c1cc2c(o1)C(O/N=C1/CCCc3oc(C(C)(C)C)cc31)CCCC2O. The minimum absolute atomic E-state index is 0.0307. The molecule has 5 heteroatoms. The lowest BCUT2D eigenvalue weighted by molar-refractivity contribution is 0.0351. The highest BCUT2D eigenvalue weighted by Gasteiger charge is 2.31. The fraction of sp³-hybridized carbons (Fsp3) is 0.625. The highest BCUT2D eigenvalue weighted by atomic mass is 16.6. The van der Waals surface area contributed by atoms with E-state index in [1.165, 1.54) is 0 Å². The van der Waals surface area contributed by atoms with Gasteiger partial charge in [-0.3, -0.25) is 0 Å². The number of fused-ring (bicyclic) bond motifs is 2. The number of oxime groups is 1. The second kappa shape index (κ2) is 7.67. The van der Waals surface area contributed by atoms with Crippen LogP contribution in [0.3, 0.4) is 0 Å². The molecule has 2 atom stereocenters. The van der Waals surface area contributed by atoms with Crippen LogP contribution in [0.1, 0.15) is 119 Å². The zero-order chi connectivity index (χ0) is 20.8. The number of hydrogen-bond acceptors (Lipinski definition) is 5. The van der Waals surface area contributed by atoms with E-state index in [1.54, 1.807) is 0 Å². The average Bonchev–Trinajstić information content (AvgIpc) is 3.26. The van der Waals surface area contributed by atoms with Crippen LogP contribution >= 0.6 is 0 Å². The van der Waals surface area contributed by atoms with Crippen molar-refractivity contribution in [2.45, 2.75) is 96.7 Å². The fourth-order valence-corrected chi connectivity index (χ4v) is 4.12. The molecule has 0 aromatic carbocycles. The maximum atomic E-state index is 10.5. The van der Waals surface area contributed by atoms with Crippen LogP contribution in [0.15, 0.2) is 26.1 Å². The molecule has 0 saturated carbocycles. The van der Waals surface area contributed by atoms with Gasteiger partial charge in [0, 0.05) is 28.9 Å². The molecule has 5 nitrogen and oxygen atoms in total. The van der Waals surface area contributed by atoms with Gasteiger partial charge in [-0.05, 0) is 44.2 Å². The molecule has 158 valence electrons. The first-order valence-corrected chi connectivity index (χ1v) is 10.9. The molecule has 0 spiro atoms. The van der Waals surface area contributed by atoms with E-state index in [2.05, 4.69) is 45.8 Å². The zero-order valence-corrected chi connectivity index (χ0v) is 18.2. The van der Waals surface area contributed by atoms with E-state index >= 15 is 0 Å². The first-order chi connectivity index (χ1) is 13.7. The monoisotopic (exact) mass is 399 g/mol. The quantitative estimate of drug-likeness (QED) is 0.485. The number of nitrogens with zero attached hydrogens (tertiary/aromatic N) is 1. The molecule has 0 saturated heterocycles. The maximum absolute atomic E-state index is 10.5. The Morgan fingerprint density at radius 3 is 2.62 bits per heavy atom. The summed E-state index contributed by atoms with van der Waals surface area (Å²) in [5, 5.41) is 15.1. The van der Waals surface area contributed by atoms with Gasteiger partial charge >= 0.3 is 0 Å². The number of hydrogen-bond donors (Lipinski definition) is 1. The van der Waals surface area contributed by atoms with Gasteiger partial charge < -0.3 is 18.8 Å². The minimum atomic E-state index is -0.494. The summed E-state index contributed by atoms with van der Waals surface area (Å²) in [7, 11) is 0. The van der Waals surface area contributed by atoms with Crippen molar-refractivity contribution >= 4 is 5.71 Å². The molecule has 2 heterocycles. The molecule has 2 unspecified atom stereocenters. The maximum Gasteiger partial charge on any atom is 0.185 e. The molecule has 0 fully saturated rings. The summed E-state index contributed by atoms with van der Waals surface area (Å²) >= 11 is 0. The van der Waals surface area contributed by atoms with Gasteiger partial charge in [-0.15, -0.1) is 0 Å². The summed E-state index contributed by atoms with van der Waals surface area (Å²) in [6, 6.07) is 4.12. The van der Waals surface area contributed by atoms with Crippen LogP contribution in [-0.2, 0) is 16.7 Å². The molecule has 29 heavy (non-hydrogen) atoms. The highest BCUT2D eigenvalue weighted by molar-refractivity contribution is 6.02. The topological polar surface area (TPSA) is 68.1 Å². The predicted molar refractivity (Wildman–Crippen MR) is 112 cm³/mol. The van der Waals surface area contributed by atoms with Crippen molar-refractivity contribution in [1.82, 2.24) is 0 Å². The lowest BCUT2D eigenvalue weighted by Gasteiger charge is -2.16. The van der Waals surface area contributed by atoms with Crippen LogP contribution in [0.25, 0.3) is 0 Å². The Balaban J connectivity index is 1.62. The second-order valence-electron chi connectivity index (χ2n) is 9.75. The second-order valence-corrected chi connectivity index (χ2v) is 9.75. The summed E-state index contributed by atoms with van der Waals surface area (Å²) in [5.74, 6) is 3.90. The zero-order valence-electron chi connectivity index (χ0n) is 18.2. The van der Waals surface area contributed by atoms with Crippen LogP contribution < -0.4 is 0 Å². The van der Waals surface area contributed by atoms with Gasteiger partial charge in [0.1, 0.15) is 17.3 Å². The van der Waals surface area contributed by atoms with E-state index < -0.39 is 6.10 Å². The Morgan fingerprint density at radius 2 is 1.90 bits per heavy atom. The van der Waals surface area contributed by atoms with Crippen molar-refractivity contribution in [2.75, 3.05) is 0 Å². The smallest absolute Gasteiger partial charge is 0.185 e. The molecule has 2 aliphatic carbocycles. The molecule has 1 N–H and O–H groups in total. The Hall–Kier alpha value is -2.01. The third-order valence-electron chi connectivity index (χ3n) is 5.94. The van der Waals surface area contributed by atoms with Gasteiger partial charge in [-0.25, -0.2) is 0 Å². The summed E-state index contributed by atoms with van der Waals surface area (Å²) < 4.78 is 12.2. The molecule has 0 bridgehead atoms. The lowest BCUT2D eigenvalue weighted by Crippen LogP contribution is -2.11. The standard InChI is InChI=1S/C24H33NO4/c1-14(2)21-12-16-18(26)9-7-11-20(23(16)28-21)29-25-17-8-6-10-19-15(17)13-22(27-19)24(3,4)5/h12-14,18,20,26H,6-11H2,1-5H3/b25-17-. The van der Waals surface area contributed by atoms with Gasteiger partial charge in [-0.1, -0.05) is 39.8 Å². The fourth-order valence-electron chi connectivity index (χ4n) is 4.12. The van der Waals surface area contributed by atoms with E-state index in [4.69, 9.17) is 13.7 Å². The normalized spacial score (nSPS) is 23.8. The molecule has 0 amide bonds. The highest BCUT2D eigenvalue weighted by Crippen LogP contribution is 2.40. The van der Waals surface area contributed by atoms with Crippen molar-refractivity contribution < 1.29 is 18.8 Å². The third-order valence-corrected chi connectivity index (χ3v) is 5.94. The lowest BCUT2D eigenvalue weighted by atomic mass is 9.91. The van der Waals surface area contributed by atoms with Gasteiger partial charge in [0.25, 0.3) is 0 Å². The van der Waals surface area contributed by atoms with E-state index in [9.17, 15) is 5.11 Å². The Morgan fingerprint density at radius 1 is 1.10 bits per heavy atom. The van der Waals surface area contributed by atoms with Crippen molar-refractivity contribution in [1.29, 1.82) is 0 Å². The van der Waals surface area contributed by atoms with E-state index in [0.29, 0.717) is 0 Å². The number of aryl methyl sites for hydroxylation is 1. The molecule has 0 radical (unpaired) electrons. The Bertz CT molecular complexity index is 897. The number of aliphatic hydroxyl groups is 1. The molecular weight excluding hydrogens is 366 g/mol. The summed E-state index contributed by atoms with van der Waals surface area (Å²) in [4.78, 5) is 6.06. The van der Waals surface area contributed by atoms with E-state index in [0.717, 1.165) is 78.4 Å². The van der Waals surface area contributed by atoms with Crippen LogP contribution in [-0.4, -0.2) is 10.8 Å². The van der Waals surface area contributed by atoms with Crippen LogP contribution in [0.4, 0.5) is 0 Å². The molecule has 2 aromatic heterocycles. The molecular formula is C24H33NO4. The molecule has 2 aliphatic rings. The number of aliphatic hydroxyl groups excluding tert-OH is 1. The predicted octanol–water partition coefficient (Wildman–Crippen LogP) is 6.31. The number of furan rings is 2. The van der Waals surface area contributed by atoms with Crippen LogP contribution in [0, 0.1) is 0 Å². The third kappa shape index (κ3) is 4.02. The molecule has 0 aliphatic heterocycles. The van der Waals surface area contributed by atoms with E-state index in [-0.39, 0.29) is 17.4 Å². The van der Waals surface area contributed by atoms with Crippen molar-refractivity contribution in [2.24, 2.45) is 5.16 Å². The molecule has 2 aromatic rings. The van der Waals surface area contributed by atoms with Crippen molar-refractivity contribution in [3.63, 3.8) is 0 Å². The summed E-state index contributed by atoms with van der Waals surface area (Å²) in [6.07, 6.45) is 4.47. The van der Waals surface area contributed by atoms with Gasteiger partial charge in [0.05, 0.1) is 11.8 Å². The largest absolute Gasteiger partial charge is 0.465 e. The van der Waals surface area contributed by atoms with Gasteiger partial charge in [0.15, 0.2) is 11.9 Å². The summed E-state index contributed by atoms with van der Waals surface area (Å²) in [6.45, 7) is 10.7. The van der Waals surface area contributed by atoms with E-state index in [1.807, 2.05) is 6.07 Å². The number of rotatable bonds is 3. The summed E-state index contributed by atoms with van der Waals surface area (Å²) in [5.41, 5.74) is 2.86. The van der Waals surface area contributed by atoms with Crippen molar-refractivity contribution in [3.05, 3.63) is 46.3 Å². The first-order valence-electron chi connectivity index (χ1n) is 10.9.